The third-order valence-corrected chi connectivity index (χ3v) is 6.83. The summed E-state index contributed by atoms with van der Waals surface area (Å²) in [5.74, 6) is 1.50. The maximum absolute atomic E-state index is 6.05. The standard InChI is InChI=1S/C27H30ClN5/c1-19(2)24-17-25(32-15-13-31(14-16-32)18-21-9-11-23(28)12-10-21)33-27(29-24)26(20(3)30-33)22-7-5-4-6-8-22/h4-12,17,19H,13-16,18H2,1-3H3/p+1. The molecule has 0 spiro atoms. The molecule has 2 aromatic carbocycles. The number of piperazine rings is 1. The molecule has 1 saturated heterocycles. The SMILES string of the molecule is Cc1nn2c(N3CC[NH+](Cc4ccc(Cl)cc4)CC3)cc(C(C)C)nc2c1-c1ccccc1. The molecule has 170 valence electrons. The zero-order valence-electron chi connectivity index (χ0n) is 19.6. The highest BCUT2D eigenvalue weighted by Gasteiger charge is 2.25. The van der Waals surface area contributed by atoms with Gasteiger partial charge in [0.15, 0.2) is 5.65 Å². The largest absolute Gasteiger partial charge is 0.345 e. The minimum atomic E-state index is 0.351. The molecule has 3 heterocycles. The van der Waals surface area contributed by atoms with Crippen LogP contribution in [-0.4, -0.2) is 40.8 Å². The summed E-state index contributed by atoms with van der Waals surface area (Å²) in [6.07, 6.45) is 0. The molecule has 2 aromatic heterocycles. The van der Waals surface area contributed by atoms with Crippen LogP contribution in [0.4, 0.5) is 5.82 Å². The van der Waals surface area contributed by atoms with Crippen LogP contribution in [0.3, 0.4) is 0 Å². The summed E-state index contributed by atoms with van der Waals surface area (Å²) >= 11 is 6.05. The van der Waals surface area contributed by atoms with E-state index in [0.717, 1.165) is 66.2 Å². The molecular formula is C27H31ClN5+. The van der Waals surface area contributed by atoms with Crippen LogP contribution in [0.1, 0.15) is 36.7 Å². The van der Waals surface area contributed by atoms with Crippen molar-refractivity contribution in [3.8, 4) is 11.1 Å². The number of benzene rings is 2. The van der Waals surface area contributed by atoms with Gasteiger partial charge < -0.3 is 9.80 Å². The highest BCUT2D eigenvalue weighted by Crippen LogP contribution is 2.31. The first-order valence-corrected chi connectivity index (χ1v) is 12.2. The smallest absolute Gasteiger partial charge is 0.165 e. The van der Waals surface area contributed by atoms with Gasteiger partial charge in [0.25, 0.3) is 0 Å². The molecule has 5 nitrogen and oxygen atoms in total. The lowest BCUT2D eigenvalue weighted by molar-refractivity contribution is -0.914. The van der Waals surface area contributed by atoms with Gasteiger partial charge in [0.1, 0.15) is 12.4 Å². The first kappa shape index (κ1) is 21.9. The second-order valence-electron chi connectivity index (χ2n) is 9.30. The Hall–Kier alpha value is -2.89. The summed E-state index contributed by atoms with van der Waals surface area (Å²) in [5, 5.41) is 5.75. The van der Waals surface area contributed by atoms with E-state index in [-0.39, 0.29) is 0 Å². The number of anilines is 1. The van der Waals surface area contributed by atoms with E-state index in [0.29, 0.717) is 5.92 Å². The minimum absolute atomic E-state index is 0.351. The number of quaternary nitrogens is 1. The molecule has 33 heavy (non-hydrogen) atoms. The van der Waals surface area contributed by atoms with Crippen molar-refractivity contribution in [1.29, 1.82) is 0 Å². The molecule has 1 N–H and O–H groups in total. The second kappa shape index (κ2) is 9.16. The Labute approximate surface area is 200 Å². The lowest BCUT2D eigenvalue weighted by Gasteiger charge is -2.34. The fourth-order valence-corrected chi connectivity index (χ4v) is 4.84. The number of nitrogens with one attached hydrogen (secondary N) is 1. The quantitative estimate of drug-likeness (QED) is 0.480. The van der Waals surface area contributed by atoms with Gasteiger partial charge in [0, 0.05) is 27.9 Å². The molecule has 0 amide bonds. The Kier molecular flexibility index (Phi) is 6.09. The van der Waals surface area contributed by atoms with E-state index in [1.165, 1.54) is 11.1 Å². The zero-order chi connectivity index (χ0) is 22.9. The van der Waals surface area contributed by atoms with E-state index in [1.807, 2.05) is 12.1 Å². The molecule has 0 radical (unpaired) electrons. The number of hydrogen-bond donors (Lipinski definition) is 1. The predicted octanol–water partition coefficient (Wildman–Crippen LogP) is 4.39. The van der Waals surface area contributed by atoms with E-state index in [9.17, 15) is 0 Å². The van der Waals surface area contributed by atoms with Crippen molar-refractivity contribution in [2.45, 2.75) is 33.2 Å². The monoisotopic (exact) mass is 460 g/mol. The number of halogens is 1. The van der Waals surface area contributed by atoms with Gasteiger partial charge in [0.05, 0.1) is 31.9 Å². The van der Waals surface area contributed by atoms with Crippen molar-refractivity contribution in [3.63, 3.8) is 0 Å². The Morgan fingerprint density at radius 2 is 1.70 bits per heavy atom. The van der Waals surface area contributed by atoms with Crippen molar-refractivity contribution < 1.29 is 4.90 Å². The molecule has 0 aliphatic carbocycles. The van der Waals surface area contributed by atoms with Crippen LogP contribution in [0.2, 0.25) is 5.02 Å². The third kappa shape index (κ3) is 4.48. The van der Waals surface area contributed by atoms with Crippen molar-refractivity contribution in [1.82, 2.24) is 14.6 Å². The molecule has 1 aliphatic rings. The summed E-state index contributed by atoms with van der Waals surface area (Å²) in [4.78, 5) is 9.14. The van der Waals surface area contributed by atoms with Gasteiger partial charge in [0.2, 0.25) is 0 Å². The average molecular weight is 461 g/mol. The van der Waals surface area contributed by atoms with E-state index in [2.05, 4.69) is 78.7 Å². The number of hydrogen-bond acceptors (Lipinski definition) is 3. The molecule has 0 atom stereocenters. The van der Waals surface area contributed by atoms with Crippen molar-refractivity contribution in [2.24, 2.45) is 0 Å². The number of nitrogens with zero attached hydrogens (tertiary/aromatic N) is 4. The fraction of sp³-hybridized carbons (Fsp3) is 0.333. The Morgan fingerprint density at radius 3 is 2.36 bits per heavy atom. The molecule has 0 saturated carbocycles. The first-order valence-electron chi connectivity index (χ1n) is 11.8. The highest BCUT2D eigenvalue weighted by molar-refractivity contribution is 6.30. The molecule has 1 aliphatic heterocycles. The van der Waals surface area contributed by atoms with Crippen LogP contribution in [0, 0.1) is 6.92 Å². The Bertz CT molecular complexity index is 1240. The fourth-order valence-electron chi connectivity index (χ4n) is 4.71. The van der Waals surface area contributed by atoms with Gasteiger partial charge in [-0.3, -0.25) is 0 Å². The first-order chi connectivity index (χ1) is 16.0. The van der Waals surface area contributed by atoms with Crippen molar-refractivity contribution >= 4 is 23.1 Å². The summed E-state index contributed by atoms with van der Waals surface area (Å²) in [6, 6.07) is 21.0. The summed E-state index contributed by atoms with van der Waals surface area (Å²) in [6.45, 7) is 11.7. The van der Waals surface area contributed by atoms with Crippen LogP contribution in [0.15, 0.2) is 60.7 Å². The molecule has 1 fully saturated rings. The van der Waals surface area contributed by atoms with Gasteiger partial charge in [-0.15, -0.1) is 0 Å². The molecule has 6 heteroatoms. The van der Waals surface area contributed by atoms with Crippen LogP contribution >= 0.6 is 11.6 Å². The van der Waals surface area contributed by atoms with Gasteiger partial charge in [-0.2, -0.15) is 9.61 Å². The average Bonchev–Trinajstić information content (AvgIpc) is 3.16. The number of fused-ring (bicyclic) bond motifs is 1. The lowest BCUT2D eigenvalue weighted by atomic mass is 10.1. The molecule has 0 bridgehead atoms. The topological polar surface area (TPSA) is 37.9 Å². The van der Waals surface area contributed by atoms with Crippen LogP contribution in [-0.2, 0) is 6.54 Å². The Morgan fingerprint density at radius 1 is 1.00 bits per heavy atom. The minimum Gasteiger partial charge on any atom is -0.345 e. The maximum atomic E-state index is 6.05. The highest BCUT2D eigenvalue weighted by atomic mass is 35.5. The van der Waals surface area contributed by atoms with Crippen LogP contribution < -0.4 is 9.80 Å². The summed E-state index contributed by atoms with van der Waals surface area (Å²) in [5.41, 5.74) is 6.73. The third-order valence-electron chi connectivity index (χ3n) is 6.58. The lowest BCUT2D eigenvalue weighted by Crippen LogP contribution is -3.13. The second-order valence-corrected chi connectivity index (χ2v) is 9.73. The number of aryl methyl sites for hydroxylation is 1. The van der Waals surface area contributed by atoms with Crippen LogP contribution in [0.5, 0.6) is 0 Å². The summed E-state index contributed by atoms with van der Waals surface area (Å²) < 4.78 is 2.06. The van der Waals surface area contributed by atoms with Gasteiger partial charge in [-0.1, -0.05) is 67.9 Å². The predicted molar refractivity (Wildman–Crippen MR) is 135 cm³/mol. The summed E-state index contributed by atoms with van der Waals surface area (Å²) in [7, 11) is 0. The van der Waals surface area contributed by atoms with E-state index >= 15 is 0 Å². The molecular weight excluding hydrogens is 430 g/mol. The number of aromatic nitrogens is 3. The van der Waals surface area contributed by atoms with Gasteiger partial charge in [-0.05, 0) is 30.5 Å². The van der Waals surface area contributed by atoms with Crippen LogP contribution in [0.25, 0.3) is 16.8 Å². The van der Waals surface area contributed by atoms with Crippen molar-refractivity contribution in [3.05, 3.63) is 82.6 Å². The van der Waals surface area contributed by atoms with E-state index in [1.54, 1.807) is 4.90 Å². The number of rotatable bonds is 5. The molecule has 0 unspecified atom stereocenters. The maximum Gasteiger partial charge on any atom is 0.165 e. The normalized spacial score (nSPS) is 15.0. The van der Waals surface area contributed by atoms with Gasteiger partial charge in [-0.25, -0.2) is 4.98 Å². The van der Waals surface area contributed by atoms with E-state index in [4.69, 9.17) is 21.7 Å². The van der Waals surface area contributed by atoms with Crippen molar-refractivity contribution in [2.75, 3.05) is 31.1 Å². The van der Waals surface area contributed by atoms with Gasteiger partial charge >= 0.3 is 0 Å². The van der Waals surface area contributed by atoms with E-state index < -0.39 is 0 Å². The molecule has 5 rings (SSSR count). The Balaban J connectivity index is 1.45. The zero-order valence-corrected chi connectivity index (χ0v) is 20.3. The molecule has 4 aromatic rings.